The molecule has 0 radical (unpaired) electrons. The zero-order valence-electron chi connectivity index (χ0n) is 9.06. The van der Waals surface area contributed by atoms with Gasteiger partial charge in [-0.2, -0.15) is 0 Å². The fourth-order valence-electron chi connectivity index (χ4n) is 1.81. The summed E-state index contributed by atoms with van der Waals surface area (Å²) >= 11 is 6.04. The van der Waals surface area contributed by atoms with Crippen molar-refractivity contribution in [1.82, 2.24) is 0 Å². The van der Waals surface area contributed by atoms with Crippen LogP contribution in [-0.2, 0) is 0 Å². The Morgan fingerprint density at radius 2 is 2.00 bits per heavy atom. The molecule has 1 aliphatic rings. The van der Waals surface area contributed by atoms with E-state index in [2.05, 4.69) is 4.90 Å². The number of nitrogens with zero attached hydrogens (tertiary/aromatic N) is 1. The highest BCUT2D eigenvalue weighted by molar-refractivity contribution is 6.57. The van der Waals surface area contributed by atoms with Crippen molar-refractivity contribution in [2.45, 2.75) is 0 Å². The van der Waals surface area contributed by atoms with E-state index in [1.807, 2.05) is 48.7 Å². The zero-order valence-corrected chi connectivity index (χ0v) is 9.82. The van der Waals surface area contributed by atoms with E-state index in [0.717, 1.165) is 18.7 Å². The van der Waals surface area contributed by atoms with Crippen molar-refractivity contribution in [2.75, 3.05) is 0 Å². The Kier molecular flexibility index (Phi) is 2.61. The number of ether oxygens (including phenoxy) is 1. The normalized spacial score (nSPS) is 12.1. The van der Waals surface area contributed by atoms with Crippen LogP contribution >= 0.6 is 11.6 Å². The Labute approximate surface area is 105 Å². The van der Waals surface area contributed by atoms with Crippen LogP contribution in [0.5, 0.6) is 11.5 Å². The summed E-state index contributed by atoms with van der Waals surface area (Å²) in [7, 11) is 0.731. The summed E-state index contributed by atoms with van der Waals surface area (Å²) in [6.07, 6.45) is 1.88. The number of para-hydroxylation sites is 1. The lowest BCUT2D eigenvalue weighted by molar-refractivity contribution is 0.483. The first kappa shape index (κ1) is 10.4. The van der Waals surface area contributed by atoms with Crippen LogP contribution in [0.1, 0.15) is 5.56 Å². The Balaban J connectivity index is 1.90. The van der Waals surface area contributed by atoms with Gasteiger partial charge in [0.25, 0.3) is 7.41 Å². The van der Waals surface area contributed by atoms with Gasteiger partial charge in [-0.3, -0.25) is 0 Å². The van der Waals surface area contributed by atoms with Gasteiger partial charge in [-0.1, -0.05) is 29.8 Å². The second kappa shape index (κ2) is 4.26. The molecular weight excluding hydrogens is 232 g/mol. The number of halogens is 1. The van der Waals surface area contributed by atoms with Crippen molar-refractivity contribution in [2.24, 2.45) is 4.90 Å². The molecule has 0 spiro atoms. The van der Waals surface area contributed by atoms with Gasteiger partial charge in [0.2, 0.25) is 0 Å². The zero-order chi connectivity index (χ0) is 11.7. The van der Waals surface area contributed by atoms with E-state index in [4.69, 9.17) is 16.3 Å². The minimum Gasteiger partial charge on any atom is -0.456 e. The molecule has 0 saturated heterocycles. The second-order valence-electron chi connectivity index (χ2n) is 3.86. The molecule has 3 rings (SSSR count). The van der Waals surface area contributed by atoms with E-state index < -0.39 is 0 Å². The minimum atomic E-state index is 0.615. The van der Waals surface area contributed by atoms with E-state index in [1.54, 1.807) is 0 Å². The molecule has 0 saturated carbocycles. The predicted octanol–water partition coefficient (Wildman–Crippen LogP) is 2.54. The molecule has 0 aromatic heterocycles. The maximum absolute atomic E-state index is 6.04. The van der Waals surface area contributed by atoms with Crippen LogP contribution in [0.15, 0.2) is 47.4 Å². The molecule has 0 amide bonds. The molecule has 2 aromatic carbocycles. The fraction of sp³-hybridized carbons (Fsp3) is 0. The lowest BCUT2D eigenvalue weighted by Gasteiger charge is -2.08. The summed E-state index contributed by atoms with van der Waals surface area (Å²) in [5, 5.41) is 0.615. The molecule has 2 nitrogen and oxygen atoms in total. The monoisotopic (exact) mass is 241 g/mol. The molecule has 0 atom stereocenters. The summed E-state index contributed by atoms with van der Waals surface area (Å²) in [4.78, 5) is 4.21. The Hall–Kier alpha value is -1.74. The van der Waals surface area contributed by atoms with Crippen molar-refractivity contribution in [1.29, 1.82) is 0 Å². The van der Waals surface area contributed by atoms with Crippen molar-refractivity contribution in [3.8, 4) is 11.5 Å². The van der Waals surface area contributed by atoms with Crippen LogP contribution in [0.4, 0.5) is 0 Å². The Morgan fingerprint density at radius 1 is 1.12 bits per heavy atom. The predicted molar refractivity (Wildman–Crippen MR) is 72.3 cm³/mol. The molecule has 0 unspecified atom stereocenters. The number of hydrogen-bond acceptors (Lipinski definition) is 2. The second-order valence-corrected chi connectivity index (χ2v) is 4.27. The SMILES string of the molecule is Clc1ccccc1Oc1ccc2c(c1)BN=C2. The van der Waals surface area contributed by atoms with Gasteiger partial charge in [-0.25, -0.2) is 0 Å². The highest BCUT2D eigenvalue weighted by atomic mass is 35.5. The Bertz CT molecular complexity index is 598. The lowest BCUT2D eigenvalue weighted by atomic mass is 9.84. The first-order chi connectivity index (χ1) is 8.33. The van der Waals surface area contributed by atoms with Gasteiger partial charge in [0.05, 0.1) is 5.02 Å². The van der Waals surface area contributed by atoms with E-state index in [0.29, 0.717) is 10.8 Å². The third-order valence-electron chi connectivity index (χ3n) is 2.67. The summed E-state index contributed by atoms with van der Waals surface area (Å²) in [6, 6.07) is 13.4. The van der Waals surface area contributed by atoms with Crippen LogP contribution in [-0.4, -0.2) is 13.6 Å². The summed E-state index contributed by atoms with van der Waals surface area (Å²) < 4.78 is 5.75. The molecule has 0 bridgehead atoms. The van der Waals surface area contributed by atoms with Gasteiger partial charge in [-0.05, 0) is 35.3 Å². The summed E-state index contributed by atoms with van der Waals surface area (Å²) in [5.74, 6) is 1.47. The van der Waals surface area contributed by atoms with Gasteiger partial charge in [0.15, 0.2) is 0 Å². The van der Waals surface area contributed by atoms with Crippen molar-refractivity contribution in [3.05, 3.63) is 53.1 Å². The van der Waals surface area contributed by atoms with Gasteiger partial charge in [-0.15, -0.1) is 0 Å². The largest absolute Gasteiger partial charge is 0.456 e. The van der Waals surface area contributed by atoms with Gasteiger partial charge in [0.1, 0.15) is 11.5 Å². The standard InChI is InChI=1S/C13H9BClNO/c15-12-3-1-2-4-13(12)17-10-6-5-9-8-16-14-11(9)7-10/h1-8,14H. The first-order valence-electron chi connectivity index (χ1n) is 5.38. The molecule has 4 heteroatoms. The summed E-state index contributed by atoms with van der Waals surface area (Å²) in [6.45, 7) is 0. The number of rotatable bonds is 2. The average molecular weight is 241 g/mol. The third kappa shape index (κ3) is 2.06. The minimum absolute atomic E-state index is 0.615. The fourth-order valence-corrected chi connectivity index (χ4v) is 1.98. The first-order valence-corrected chi connectivity index (χ1v) is 5.76. The Morgan fingerprint density at radius 3 is 2.88 bits per heavy atom. The maximum atomic E-state index is 6.04. The molecule has 2 aromatic rings. The third-order valence-corrected chi connectivity index (χ3v) is 2.98. The van der Waals surface area contributed by atoms with E-state index in [1.165, 1.54) is 5.46 Å². The quantitative estimate of drug-likeness (QED) is 0.741. The smallest absolute Gasteiger partial charge is 0.295 e. The molecule has 0 aliphatic carbocycles. The maximum Gasteiger partial charge on any atom is 0.295 e. The van der Waals surface area contributed by atoms with Crippen LogP contribution in [0.2, 0.25) is 5.02 Å². The van der Waals surface area contributed by atoms with Gasteiger partial charge in [0, 0.05) is 6.21 Å². The van der Waals surface area contributed by atoms with Gasteiger partial charge < -0.3 is 9.64 Å². The van der Waals surface area contributed by atoms with Crippen molar-refractivity contribution < 1.29 is 4.74 Å². The van der Waals surface area contributed by atoms with Crippen LogP contribution in [0, 0.1) is 0 Å². The van der Waals surface area contributed by atoms with E-state index in [-0.39, 0.29) is 0 Å². The molecule has 17 heavy (non-hydrogen) atoms. The highest BCUT2D eigenvalue weighted by Gasteiger charge is 2.09. The van der Waals surface area contributed by atoms with Crippen molar-refractivity contribution in [3.63, 3.8) is 0 Å². The van der Waals surface area contributed by atoms with Crippen molar-refractivity contribution >= 4 is 30.7 Å². The van der Waals surface area contributed by atoms with E-state index >= 15 is 0 Å². The molecule has 0 fully saturated rings. The lowest BCUT2D eigenvalue weighted by Crippen LogP contribution is -2.11. The molecular formula is C13H9BClNO. The molecule has 1 heterocycles. The van der Waals surface area contributed by atoms with Crippen LogP contribution in [0.25, 0.3) is 0 Å². The topological polar surface area (TPSA) is 21.6 Å². The molecule has 1 aliphatic heterocycles. The average Bonchev–Trinajstić information content (AvgIpc) is 2.79. The molecule has 0 N–H and O–H groups in total. The van der Waals surface area contributed by atoms with E-state index in [9.17, 15) is 0 Å². The number of fused-ring (bicyclic) bond motifs is 1. The van der Waals surface area contributed by atoms with Crippen LogP contribution < -0.4 is 10.2 Å². The summed E-state index contributed by atoms with van der Waals surface area (Å²) in [5.41, 5.74) is 2.35. The number of benzene rings is 2. The number of hydrogen-bond donors (Lipinski definition) is 0. The van der Waals surface area contributed by atoms with Crippen LogP contribution in [0.3, 0.4) is 0 Å². The molecule has 82 valence electrons. The highest BCUT2D eigenvalue weighted by Crippen LogP contribution is 2.28. The van der Waals surface area contributed by atoms with Gasteiger partial charge >= 0.3 is 0 Å².